The molecule has 4 heteroatoms. The van der Waals surface area contributed by atoms with Gasteiger partial charge in [0.25, 0.3) is 0 Å². The minimum Gasteiger partial charge on any atom is -0.492 e. The molecule has 1 aromatic heterocycles. The molecule has 0 aliphatic rings. The summed E-state index contributed by atoms with van der Waals surface area (Å²) in [5, 5.41) is 5.16. The Morgan fingerprint density at radius 2 is 2.05 bits per heavy atom. The molecule has 0 fully saturated rings. The van der Waals surface area contributed by atoms with Gasteiger partial charge in [-0.15, -0.1) is 0 Å². The van der Waals surface area contributed by atoms with Gasteiger partial charge in [0.1, 0.15) is 11.3 Å². The van der Waals surface area contributed by atoms with Gasteiger partial charge in [0.2, 0.25) is 0 Å². The minimum absolute atomic E-state index is 0.616. The number of benzene rings is 2. The van der Waals surface area contributed by atoms with Crippen LogP contribution in [0.25, 0.3) is 11.0 Å². The molecule has 0 aliphatic carbocycles. The van der Waals surface area contributed by atoms with E-state index in [9.17, 15) is 0 Å². The standard InChI is InChI=1S/C17H16ClNO2/c1-2-20-17-8-7-13(18)9-15(17)19-10-12-11-21-16-6-4-3-5-14(12)16/h3-9,11,19H,2,10H2,1H3. The maximum absolute atomic E-state index is 6.06. The van der Waals surface area contributed by atoms with E-state index in [-0.39, 0.29) is 0 Å². The molecule has 0 atom stereocenters. The third-order valence-electron chi connectivity index (χ3n) is 3.27. The zero-order chi connectivity index (χ0) is 14.7. The molecular formula is C17H16ClNO2. The molecular weight excluding hydrogens is 286 g/mol. The molecule has 0 unspecified atom stereocenters. The third kappa shape index (κ3) is 2.98. The Morgan fingerprint density at radius 3 is 2.90 bits per heavy atom. The van der Waals surface area contributed by atoms with Gasteiger partial charge in [-0.05, 0) is 31.2 Å². The molecule has 0 amide bonds. The van der Waals surface area contributed by atoms with E-state index in [1.165, 1.54) is 0 Å². The Kier molecular flexibility index (Phi) is 4.02. The monoisotopic (exact) mass is 301 g/mol. The lowest BCUT2D eigenvalue weighted by molar-refractivity contribution is 0.341. The minimum atomic E-state index is 0.616. The van der Waals surface area contributed by atoms with Gasteiger partial charge in [-0.2, -0.15) is 0 Å². The second kappa shape index (κ2) is 6.10. The van der Waals surface area contributed by atoms with Crippen LogP contribution in [0.5, 0.6) is 5.75 Å². The van der Waals surface area contributed by atoms with Crippen molar-refractivity contribution in [2.24, 2.45) is 0 Å². The Hall–Kier alpha value is -2.13. The van der Waals surface area contributed by atoms with Gasteiger partial charge in [-0.3, -0.25) is 0 Å². The average molecular weight is 302 g/mol. The highest BCUT2D eigenvalue weighted by Gasteiger charge is 2.08. The summed E-state index contributed by atoms with van der Waals surface area (Å²) >= 11 is 6.06. The summed E-state index contributed by atoms with van der Waals surface area (Å²) in [5.41, 5.74) is 2.88. The SMILES string of the molecule is CCOc1ccc(Cl)cc1NCc1coc2ccccc12. The molecule has 1 N–H and O–H groups in total. The molecule has 0 spiro atoms. The number of hydrogen-bond acceptors (Lipinski definition) is 3. The second-order valence-corrected chi connectivity index (χ2v) is 5.12. The average Bonchev–Trinajstić information content (AvgIpc) is 2.91. The van der Waals surface area contributed by atoms with Gasteiger partial charge in [0.05, 0.1) is 18.6 Å². The fourth-order valence-corrected chi connectivity index (χ4v) is 2.45. The van der Waals surface area contributed by atoms with E-state index < -0.39 is 0 Å². The van der Waals surface area contributed by atoms with E-state index in [2.05, 4.69) is 11.4 Å². The fraction of sp³-hybridized carbons (Fsp3) is 0.176. The number of ether oxygens (including phenoxy) is 1. The smallest absolute Gasteiger partial charge is 0.142 e. The van der Waals surface area contributed by atoms with E-state index in [1.54, 1.807) is 6.26 Å². The van der Waals surface area contributed by atoms with Crippen LogP contribution in [-0.4, -0.2) is 6.61 Å². The first kappa shape index (κ1) is 13.8. The third-order valence-corrected chi connectivity index (χ3v) is 3.51. The Bertz CT molecular complexity index is 751. The number of fused-ring (bicyclic) bond motifs is 1. The van der Waals surface area contributed by atoms with Crippen molar-refractivity contribution in [3.8, 4) is 5.75 Å². The lowest BCUT2D eigenvalue weighted by atomic mass is 10.2. The summed E-state index contributed by atoms with van der Waals surface area (Å²) < 4.78 is 11.1. The molecule has 3 rings (SSSR count). The molecule has 0 saturated carbocycles. The lowest BCUT2D eigenvalue weighted by Gasteiger charge is -2.12. The maximum Gasteiger partial charge on any atom is 0.142 e. The summed E-state index contributed by atoms with van der Waals surface area (Å²) in [6.07, 6.45) is 1.78. The number of anilines is 1. The Balaban J connectivity index is 1.83. The summed E-state index contributed by atoms with van der Waals surface area (Å²) in [5.74, 6) is 0.801. The van der Waals surface area contributed by atoms with Crippen LogP contribution < -0.4 is 10.1 Å². The van der Waals surface area contributed by atoms with Crippen molar-refractivity contribution in [2.75, 3.05) is 11.9 Å². The highest BCUT2D eigenvalue weighted by molar-refractivity contribution is 6.30. The zero-order valence-corrected chi connectivity index (χ0v) is 12.5. The molecule has 0 aliphatic heterocycles. The van der Waals surface area contributed by atoms with Crippen molar-refractivity contribution in [3.63, 3.8) is 0 Å². The van der Waals surface area contributed by atoms with Gasteiger partial charge < -0.3 is 14.5 Å². The molecule has 0 bridgehead atoms. The van der Waals surface area contributed by atoms with Gasteiger partial charge in [-0.1, -0.05) is 29.8 Å². The Morgan fingerprint density at radius 1 is 1.19 bits per heavy atom. The predicted molar refractivity (Wildman–Crippen MR) is 86.2 cm³/mol. The van der Waals surface area contributed by atoms with Crippen LogP contribution in [0.15, 0.2) is 53.1 Å². The first-order valence-corrected chi connectivity index (χ1v) is 7.27. The van der Waals surface area contributed by atoms with Gasteiger partial charge in [-0.25, -0.2) is 0 Å². The van der Waals surface area contributed by atoms with Gasteiger partial charge in [0, 0.05) is 22.5 Å². The van der Waals surface area contributed by atoms with Gasteiger partial charge in [0.15, 0.2) is 0 Å². The molecule has 2 aromatic carbocycles. The lowest BCUT2D eigenvalue weighted by Crippen LogP contribution is -2.02. The molecule has 1 heterocycles. The molecule has 3 aromatic rings. The quantitative estimate of drug-likeness (QED) is 0.712. The van der Waals surface area contributed by atoms with Crippen LogP contribution in [0.3, 0.4) is 0 Å². The van der Waals surface area contributed by atoms with Crippen LogP contribution in [-0.2, 0) is 6.54 Å². The maximum atomic E-state index is 6.06. The van der Waals surface area contributed by atoms with Crippen molar-refractivity contribution in [3.05, 3.63) is 59.3 Å². The predicted octanol–water partition coefficient (Wildman–Crippen LogP) is 5.10. The molecule has 108 valence electrons. The van der Waals surface area contributed by atoms with Crippen LogP contribution in [0.4, 0.5) is 5.69 Å². The number of hydrogen-bond donors (Lipinski definition) is 1. The van der Waals surface area contributed by atoms with Crippen LogP contribution >= 0.6 is 11.6 Å². The van der Waals surface area contributed by atoms with Crippen molar-refractivity contribution >= 4 is 28.3 Å². The van der Waals surface area contributed by atoms with Crippen molar-refractivity contribution in [1.29, 1.82) is 0 Å². The van der Waals surface area contributed by atoms with Crippen molar-refractivity contribution in [1.82, 2.24) is 0 Å². The summed E-state index contributed by atoms with van der Waals surface area (Å²) in [6, 6.07) is 13.6. The number of furan rings is 1. The van der Waals surface area contributed by atoms with E-state index in [4.69, 9.17) is 20.8 Å². The van der Waals surface area contributed by atoms with Gasteiger partial charge >= 0.3 is 0 Å². The number of para-hydroxylation sites is 1. The normalized spacial score (nSPS) is 10.8. The van der Waals surface area contributed by atoms with Crippen LogP contribution in [0, 0.1) is 0 Å². The zero-order valence-electron chi connectivity index (χ0n) is 11.7. The number of rotatable bonds is 5. The van der Waals surface area contributed by atoms with Crippen molar-refractivity contribution in [2.45, 2.75) is 13.5 Å². The highest BCUT2D eigenvalue weighted by atomic mass is 35.5. The molecule has 3 nitrogen and oxygen atoms in total. The van der Waals surface area contributed by atoms with E-state index in [1.807, 2.05) is 43.3 Å². The Labute approximate surface area is 128 Å². The van der Waals surface area contributed by atoms with Crippen LogP contribution in [0.2, 0.25) is 5.02 Å². The fourth-order valence-electron chi connectivity index (χ4n) is 2.28. The largest absolute Gasteiger partial charge is 0.492 e. The number of halogens is 1. The van der Waals surface area contributed by atoms with Crippen molar-refractivity contribution < 1.29 is 9.15 Å². The highest BCUT2D eigenvalue weighted by Crippen LogP contribution is 2.29. The van der Waals surface area contributed by atoms with E-state index in [0.29, 0.717) is 18.2 Å². The van der Waals surface area contributed by atoms with E-state index in [0.717, 1.165) is 28.0 Å². The van der Waals surface area contributed by atoms with Crippen LogP contribution in [0.1, 0.15) is 12.5 Å². The molecule has 0 saturated heterocycles. The first-order chi connectivity index (χ1) is 10.3. The summed E-state index contributed by atoms with van der Waals surface area (Å²) in [7, 11) is 0. The molecule has 21 heavy (non-hydrogen) atoms. The summed E-state index contributed by atoms with van der Waals surface area (Å²) in [6.45, 7) is 3.23. The first-order valence-electron chi connectivity index (χ1n) is 6.89. The topological polar surface area (TPSA) is 34.4 Å². The summed E-state index contributed by atoms with van der Waals surface area (Å²) in [4.78, 5) is 0. The van der Waals surface area contributed by atoms with E-state index >= 15 is 0 Å². The number of nitrogens with one attached hydrogen (secondary N) is 1. The second-order valence-electron chi connectivity index (χ2n) is 4.68. The molecule has 0 radical (unpaired) electrons.